The van der Waals surface area contributed by atoms with Crippen LogP contribution in [0.4, 0.5) is 0 Å². The Morgan fingerprint density at radius 3 is 3.10 bits per heavy atom. The van der Waals surface area contributed by atoms with Gasteiger partial charge in [-0.15, -0.1) is 11.3 Å². The van der Waals surface area contributed by atoms with E-state index in [1.807, 2.05) is 0 Å². The van der Waals surface area contributed by atoms with Crippen molar-refractivity contribution in [1.29, 1.82) is 0 Å². The monoisotopic (exact) mass is 297 g/mol. The van der Waals surface area contributed by atoms with Gasteiger partial charge in [0, 0.05) is 36.9 Å². The Bertz CT molecular complexity index is 442. The highest BCUT2D eigenvalue weighted by Crippen LogP contribution is 2.17. The van der Waals surface area contributed by atoms with Crippen LogP contribution in [0.5, 0.6) is 0 Å². The van der Waals surface area contributed by atoms with Crippen molar-refractivity contribution in [2.75, 3.05) is 26.3 Å². The van der Waals surface area contributed by atoms with E-state index in [9.17, 15) is 4.79 Å². The number of hydrogen-bond donors (Lipinski definition) is 2. The molecule has 2 heterocycles. The first-order valence-electron chi connectivity index (χ1n) is 7.22. The molecular formula is C14H23N3O2S. The standard InChI is InChI=1S/C14H23N3O2S/c1-3-12-10(2)20-14(17-12)4-5-16-13(18)8-11-9-19-7-6-15-11/h11,15H,3-9H2,1-2H3,(H,16,18). The highest BCUT2D eigenvalue weighted by molar-refractivity contribution is 7.11. The van der Waals surface area contributed by atoms with Crippen molar-refractivity contribution in [1.82, 2.24) is 15.6 Å². The molecule has 20 heavy (non-hydrogen) atoms. The number of hydrogen-bond acceptors (Lipinski definition) is 5. The number of nitrogens with zero attached hydrogens (tertiary/aromatic N) is 1. The molecule has 0 bridgehead atoms. The number of carbonyl (C=O) groups is 1. The van der Waals surface area contributed by atoms with E-state index in [-0.39, 0.29) is 11.9 Å². The number of aryl methyl sites for hydroxylation is 2. The first-order chi connectivity index (χ1) is 9.69. The van der Waals surface area contributed by atoms with Crippen LogP contribution in [-0.4, -0.2) is 43.2 Å². The molecule has 1 aromatic rings. The quantitative estimate of drug-likeness (QED) is 0.824. The van der Waals surface area contributed by atoms with Crippen molar-refractivity contribution < 1.29 is 9.53 Å². The Labute approximate surface area is 124 Å². The topological polar surface area (TPSA) is 63.2 Å². The zero-order valence-electron chi connectivity index (χ0n) is 12.2. The van der Waals surface area contributed by atoms with Crippen LogP contribution in [-0.2, 0) is 22.4 Å². The maximum Gasteiger partial charge on any atom is 0.221 e. The summed E-state index contributed by atoms with van der Waals surface area (Å²) in [5.41, 5.74) is 1.18. The van der Waals surface area contributed by atoms with E-state index in [2.05, 4.69) is 29.5 Å². The minimum absolute atomic E-state index is 0.0805. The molecule has 1 atom stereocenters. The first-order valence-corrected chi connectivity index (χ1v) is 8.03. The van der Waals surface area contributed by atoms with E-state index in [1.54, 1.807) is 11.3 Å². The molecule has 1 saturated heterocycles. The number of amides is 1. The van der Waals surface area contributed by atoms with Gasteiger partial charge in [0.2, 0.25) is 5.91 Å². The van der Waals surface area contributed by atoms with Crippen LogP contribution >= 0.6 is 11.3 Å². The molecule has 5 nitrogen and oxygen atoms in total. The molecule has 1 aliphatic heterocycles. The molecule has 112 valence electrons. The molecule has 2 N–H and O–H groups in total. The average molecular weight is 297 g/mol. The van der Waals surface area contributed by atoms with Gasteiger partial charge >= 0.3 is 0 Å². The lowest BCUT2D eigenvalue weighted by molar-refractivity contribution is -0.122. The zero-order valence-corrected chi connectivity index (χ0v) is 13.0. The van der Waals surface area contributed by atoms with Crippen LogP contribution in [0, 0.1) is 6.92 Å². The number of thiazole rings is 1. The summed E-state index contributed by atoms with van der Waals surface area (Å²) in [6, 6.07) is 0.151. The summed E-state index contributed by atoms with van der Waals surface area (Å²) in [6.45, 7) is 7.07. The third kappa shape index (κ3) is 4.54. The molecule has 1 fully saturated rings. The van der Waals surface area contributed by atoms with Gasteiger partial charge in [0.05, 0.1) is 23.9 Å². The molecule has 0 saturated carbocycles. The number of carbonyl (C=O) groups excluding carboxylic acids is 1. The largest absolute Gasteiger partial charge is 0.378 e. The Kier molecular flexibility index (Phi) is 5.94. The molecule has 1 amide bonds. The Balaban J connectivity index is 1.67. The Hall–Kier alpha value is -0.980. The van der Waals surface area contributed by atoms with Crippen LogP contribution < -0.4 is 10.6 Å². The van der Waals surface area contributed by atoms with Gasteiger partial charge in [-0.1, -0.05) is 6.92 Å². The van der Waals surface area contributed by atoms with Crippen molar-refractivity contribution in [2.45, 2.75) is 39.2 Å². The van der Waals surface area contributed by atoms with Crippen LogP contribution in [0.25, 0.3) is 0 Å². The normalized spacial score (nSPS) is 19.0. The van der Waals surface area contributed by atoms with Gasteiger partial charge < -0.3 is 15.4 Å². The number of rotatable bonds is 6. The molecule has 0 radical (unpaired) electrons. The van der Waals surface area contributed by atoms with Crippen molar-refractivity contribution in [3.05, 3.63) is 15.6 Å². The predicted octanol–water partition coefficient (Wildman–Crippen LogP) is 1.05. The van der Waals surface area contributed by atoms with Crippen LogP contribution in [0.2, 0.25) is 0 Å². The Morgan fingerprint density at radius 2 is 2.45 bits per heavy atom. The molecule has 1 unspecified atom stereocenters. The number of aromatic nitrogens is 1. The second-order valence-corrected chi connectivity index (χ2v) is 6.28. The summed E-state index contributed by atoms with van der Waals surface area (Å²) in [6.07, 6.45) is 2.27. The van der Waals surface area contributed by atoms with Crippen LogP contribution in [0.3, 0.4) is 0 Å². The maximum atomic E-state index is 11.8. The minimum atomic E-state index is 0.0805. The maximum absolute atomic E-state index is 11.8. The highest BCUT2D eigenvalue weighted by atomic mass is 32.1. The molecule has 0 spiro atoms. The second kappa shape index (κ2) is 7.71. The fourth-order valence-electron chi connectivity index (χ4n) is 2.28. The molecular weight excluding hydrogens is 274 g/mol. The van der Waals surface area contributed by atoms with E-state index < -0.39 is 0 Å². The fraction of sp³-hybridized carbons (Fsp3) is 0.714. The van der Waals surface area contributed by atoms with E-state index in [4.69, 9.17) is 4.74 Å². The van der Waals surface area contributed by atoms with Gasteiger partial charge in [-0.25, -0.2) is 4.98 Å². The van der Waals surface area contributed by atoms with E-state index >= 15 is 0 Å². The second-order valence-electron chi connectivity index (χ2n) is 4.99. The number of morpholine rings is 1. The van der Waals surface area contributed by atoms with Crippen molar-refractivity contribution >= 4 is 17.2 Å². The third-order valence-electron chi connectivity index (χ3n) is 3.36. The lowest BCUT2D eigenvalue weighted by Gasteiger charge is -2.23. The molecule has 1 aliphatic rings. The van der Waals surface area contributed by atoms with Gasteiger partial charge in [-0.3, -0.25) is 4.79 Å². The molecule has 2 rings (SSSR count). The van der Waals surface area contributed by atoms with Gasteiger partial charge in [0.1, 0.15) is 0 Å². The van der Waals surface area contributed by atoms with Crippen molar-refractivity contribution in [2.24, 2.45) is 0 Å². The van der Waals surface area contributed by atoms with E-state index in [0.717, 1.165) is 31.0 Å². The van der Waals surface area contributed by atoms with E-state index in [1.165, 1.54) is 10.6 Å². The molecule has 6 heteroatoms. The summed E-state index contributed by atoms with van der Waals surface area (Å²) in [4.78, 5) is 17.7. The Morgan fingerprint density at radius 1 is 1.60 bits per heavy atom. The smallest absolute Gasteiger partial charge is 0.221 e. The summed E-state index contributed by atoms with van der Waals surface area (Å²) in [5.74, 6) is 0.0805. The average Bonchev–Trinajstić information content (AvgIpc) is 2.80. The van der Waals surface area contributed by atoms with Crippen LogP contribution in [0.1, 0.15) is 28.9 Å². The fourth-order valence-corrected chi connectivity index (χ4v) is 3.30. The summed E-state index contributed by atoms with van der Waals surface area (Å²) < 4.78 is 5.33. The lowest BCUT2D eigenvalue weighted by atomic mass is 10.2. The lowest BCUT2D eigenvalue weighted by Crippen LogP contribution is -2.44. The SMILES string of the molecule is CCc1nc(CCNC(=O)CC2COCCN2)sc1C. The van der Waals surface area contributed by atoms with Gasteiger partial charge in [0.15, 0.2) is 0 Å². The van der Waals surface area contributed by atoms with Crippen LogP contribution in [0.15, 0.2) is 0 Å². The summed E-state index contributed by atoms with van der Waals surface area (Å²) >= 11 is 1.73. The first kappa shape index (κ1) is 15.4. The molecule has 0 aliphatic carbocycles. The third-order valence-corrected chi connectivity index (χ3v) is 4.44. The molecule has 0 aromatic carbocycles. The summed E-state index contributed by atoms with van der Waals surface area (Å²) in [5, 5.41) is 7.35. The summed E-state index contributed by atoms with van der Waals surface area (Å²) in [7, 11) is 0. The van der Waals surface area contributed by atoms with Gasteiger partial charge in [0.25, 0.3) is 0 Å². The highest BCUT2D eigenvalue weighted by Gasteiger charge is 2.16. The zero-order chi connectivity index (χ0) is 14.4. The predicted molar refractivity (Wildman–Crippen MR) is 80.2 cm³/mol. The van der Waals surface area contributed by atoms with Crippen molar-refractivity contribution in [3.63, 3.8) is 0 Å². The molecule has 1 aromatic heterocycles. The van der Waals surface area contributed by atoms with Gasteiger partial charge in [-0.05, 0) is 13.3 Å². The number of ether oxygens (including phenoxy) is 1. The minimum Gasteiger partial charge on any atom is -0.378 e. The number of nitrogens with one attached hydrogen (secondary N) is 2. The van der Waals surface area contributed by atoms with E-state index in [0.29, 0.717) is 19.6 Å². The van der Waals surface area contributed by atoms with Gasteiger partial charge in [-0.2, -0.15) is 0 Å². The van der Waals surface area contributed by atoms with Crippen molar-refractivity contribution in [3.8, 4) is 0 Å².